The molecule has 3 heterocycles. The lowest BCUT2D eigenvalue weighted by atomic mass is 9.90. The third-order valence-corrected chi connectivity index (χ3v) is 4.71. The number of likely N-dealkylation sites (tertiary alicyclic amines) is 1. The molecule has 3 aromatic rings. The van der Waals surface area contributed by atoms with Crippen molar-refractivity contribution in [3.63, 3.8) is 0 Å². The number of piperidine rings is 1. The lowest BCUT2D eigenvalue weighted by molar-refractivity contribution is 0.254. The largest absolute Gasteiger partial charge is 0.306 e. The van der Waals surface area contributed by atoms with Gasteiger partial charge in [0.1, 0.15) is 11.0 Å². The minimum atomic E-state index is 0.560. The summed E-state index contributed by atoms with van der Waals surface area (Å²) in [5.74, 6) is 0.560. The molecule has 21 heavy (non-hydrogen) atoms. The summed E-state index contributed by atoms with van der Waals surface area (Å²) in [6, 6.07) is 8.55. The molecule has 2 aromatic heterocycles. The second-order valence-corrected chi connectivity index (χ2v) is 6.17. The normalized spacial score (nSPS) is 17.8. The highest BCUT2D eigenvalue weighted by Gasteiger charge is 2.23. The summed E-state index contributed by atoms with van der Waals surface area (Å²) in [6.07, 6.45) is 2.38. The van der Waals surface area contributed by atoms with Crippen LogP contribution >= 0.6 is 0 Å². The van der Waals surface area contributed by atoms with E-state index in [4.69, 9.17) is 4.98 Å². The van der Waals surface area contributed by atoms with Gasteiger partial charge < -0.3 is 4.90 Å². The van der Waals surface area contributed by atoms with E-state index in [1.165, 1.54) is 29.3 Å². The summed E-state index contributed by atoms with van der Waals surface area (Å²) >= 11 is 0. The zero-order valence-corrected chi connectivity index (χ0v) is 12.6. The Kier molecular flexibility index (Phi) is 2.93. The average Bonchev–Trinajstić information content (AvgIpc) is 2.89. The van der Waals surface area contributed by atoms with Crippen molar-refractivity contribution in [1.29, 1.82) is 0 Å². The molecule has 0 aliphatic carbocycles. The summed E-state index contributed by atoms with van der Waals surface area (Å²) in [5, 5.41) is 10.0. The van der Waals surface area contributed by atoms with Crippen LogP contribution in [-0.2, 0) is 0 Å². The van der Waals surface area contributed by atoms with Crippen molar-refractivity contribution in [1.82, 2.24) is 20.1 Å². The molecule has 0 spiro atoms. The molecule has 4 heteroatoms. The highest BCUT2D eigenvalue weighted by Crippen LogP contribution is 2.34. The third kappa shape index (κ3) is 2.02. The van der Waals surface area contributed by atoms with Gasteiger partial charge in [-0.15, -0.1) is 0 Å². The first-order valence-corrected chi connectivity index (χ1v) is 7.66. The molecule has 1 N–H and O–H groups in total. The second kappa shape index (κ2) is 4.81. The number of aromatic amines is 1. The molecule has 0 unspecified atom stereocenters. The van der Waals surface area contributed by atoms with Crippen LogP contribution in [0.25, 0.3) is 21.8 Å². The molecule has 0 radical (unpaired) electrons. The van der Waals surface area contributed by atoms with Gasteiger partial charge in [0.25, 0.3) is 0 Å². The smallest absolute Gasteiger partial charge is 0.119 e. The minimum Gasteiger partial charge on any atom is -0.306 e. The highest BCUT2D eigenvalue weighted by molar-refractivity contribution is 6.05. The minimum absolute atomic E-state index is 0.560. The van der Waals surface area contributed by atoms with Crippen LogP contribution < -0.4 is 0 Å². The number of fused-ring (bicyclic) bond motifs is 3. The summed E-state index contributed by atoms with van der Waals surface area (Å²) in [5.41, 5.74) is 4.35. The van der Waals surface area contributed by atoms with Crippen LogP contribution in [0.3, 0.4) is 0 Å². The average molecular weight is 280 g/mol. The molecule has 4 nitrogen and oxygen atoms in total. The van der Waals surface area contributed by atoms with Gasteiger partial charge in [0.2, 0.25) is 0 Å². The Morgan fingerprint density at radius 3 is 2.57 bits per heavy atom. The molecular formula is C17H20N4. The van der Waals surface area contributed by atoms with Gasteiger partial charge >= 0.3 is 0 Å². The zero-order valence-electron chi connectivity index (χ0n) is 12.6. The molecule has 1 aliphatic rings. The summed E-state index contributed by atoms with van der Waals surface area (Å²) in [4.78, 5) is 7.40. The van der Waals surface area contributed by atoms with Crippen molar-refractivity contribution in [3.8, 4) is 0 Å². The Bertz CT molecular complexity index is 797. The van der Waals surface area contributed by atoms with Crippen LogP contribution in [0, 0.1) is 6.92 Å². The number of pyridine rings is 1. The lowest BCUT2D eigenvalue weighted by Gasteiger charge is -2.29. The zero-order chi connectivity index (χ0) is 14.4. The Morgan fingerprint density at radius 2 is 1.81 bits per heavy atom. The first-order valence-electron chi connectivity index (χ1n) is 7.66. The fourth-order valence-corrected chi connectivity index (χ4v) is 3.43. The SMILES string of the molecule is Cc1[nH]nc2c1nc(C1CCN(C)CC1)c1ccccc12. The van der Waals surface area contributed by atoms with E-state index in [0.717, 1.165) is 29.8 Å². The maximum Gasteiger partial charge on any atom is 0.119 e. The summed E-state index contributed by atoms with van der Waals surface area (Å²) in [7, 11) is 2.20. The number of hydrogen-bond acceptors (Lipinski definition) is 3. The van der Waals surface area contributed by atoms with Gasteiger partial charge in [-0.1, -0.05) is 24.3 Å². The number of H-pyrrole nitrogens is 1. The predicted octanol–water partition coefficient (Wildman–Crippen LogP) is 3.23. The van der Waals surface area contributed by atoms with Crippen molar-refractivity contribution < 1.29 is 0 Å². The number of nitrogens with zero attached hydrogens (tertiary/aromatic N) is 3. The molecule has 0 amide bonds. The van der Waals surface area contributed by atoms with Gasteiger partial charge in [0.05, 0.1) is 11.4 Å². The van der Waals surface area contributed by atoms with Crippen LogP contribution in [0.5, 0.6) is 0 Å². The third-order valence-electron chi connectivity index (χ3n) is 4.71. The van der Waals surface area contributed by atoms with Crippen molar-refractivity contribution in [3.05, 3.63) is 35.7 Å². The summed E-state index contributed by atoms with van der Waals surface area (Å²) in [6.45, 7) is 4.36. The van der Waals surface area contributed by atoms with E-state index in [-0.39, 0.29) is 0 Å². The molecule has 108 valence electrons. The monoisotopic (exact) mass is 280 g/mol. The molecular weight excluding hydrogens is 260 g/mol. The van der Waals surface area contributed by atoms with Gasteiger partial charge in [-0.3, -0.25) is 5.10 Å². The topological polar surface area (TPSA) is 44.8 Å². The van der Waals surface area contributed by atoms with Crippen LogP contribution in [-0.4, -0.2) is 40.2 Å². The van der Waals surface area contributed by atoms with E-state index in [2.05, 4.69) is 53.3 Å². The van der Waals surface area contributed by atoms with Gasteiger partial charge in [-0.2, -0.15) is 5.10 Å². The predicted molar refractivity (Wildman–Crippen MR) is 85.6 cm³/mol. The number of benzene rings is 1. The number of aromatic nitrogens is 3. The van der Waals surface area contributed by atoms with E-state index < -0.39 is 0 Å². The van der Waals surface area contributed by atoms with Crippen LogP contribution in [0.2, 0.25) is 0 Å². The quantitative estimate of drug-likeness (QED) is 0.744. The summed E-state index contributed by atoms with van der Waals surface area (Å²) < 4.78 is 0. The van der Waals surface area contributed by atoms with Gasteiger partial charge in [-0.05, 0) is 39.9 Å². The maximum absolute atomic E-state index is 5.00. The maximum atomic E-state index is 5.00. The molecule has 0 bridgehead atoms. The molecule has 1 saturated heterocycles. The molecule has 1 aliphatic heterocycles. The van der Waals surface area contributed by atoms with E-state index in [0.29, 0.717) is 5.92 Å². The van der Waals surface area contributed by atoms with Gasteiger partial charge in [0.15, 0.2) is 0 Å². The Morgan fingerprint density at radius 1 is 1.10 bits per heavy atom. The fraction of sp³-hybridized carbons (Fsp3) is 0.412. The Labute approximate surface area is 124 Å². The van der Waals surface area contributed by atoms with Crippen molar-refractivity contribution in [2.24, 2.45) is 0 Å². The van der Waals surface area contributed by atoms with Crippen LogP contribution in [0.15, 0.2) is 24.3 Å². The van der Waals surface area contributed by atoms with Crippen molar-refractivity contribution in [2.75, 3.05) is 20.1 Å². The molecule has 0 saturated carbocycles. The molecule has 4 rings (SSSR count). The van der Waals surface area contributed by atoms with E-state index in [1.807, 2.05) is 0 Å². The van der Waals surface area contributed by atoms with Crippen molar-refractivity contribution >= 4 is 21.8 Å². The van der Waals surface area contributed by atoms with Crippen LogP contribution in [0.4, 0.5) is 0 Å². The number of hydrogen-bond donors (Lipinski definition) is 1. The van der Waals surface area contributed by atoms with Gasteiger partial charge in [0, 0.05) is 16.7 Å². The Balaban J connectivity index is 1.95. The Hall–Kier alpha value is -1.94. The van der Waals surface area contributed by atoms with Gasteiger partial charge in [-0.25, -0.2) is 4.98 Å². The molecule has 1 fully saturated rings. The van der Waals surface area contributed by atoms with E-state index >= 15 is 0 Å². The van der Waals surface area contributed by atoms with Crippen molar-refractivity contribution in [2.45, 2.75) is 25.7 Å². The highest BCUT2D eigenvalue weighted by atomic mass is 15.1. The standard InChI is InChI=1S/C17H20N4/c1-11-15-17(20-19-11)14-6-4-3-5-13(14)16(18-15)12-7-9-21(2)10-8-12/h3-6,12H,7-10H2,1-2H3,(H,19,20). The number of aryl methyl sites for hydroxylation is 1. The number of rotatable bonds is 1. The first kappa shape index (κ1) is 12.8. The first-order chi connectivity index (χ1) is 10.2. The van der Waals surface area contributed by atoms with E-state index in [1.54, 1.807) is 0 Å². The lowest BCUT2D eigenvalue weighted by Crippen LogP contribution is -2.29. The number of nitrogens with one attached hydrogen (secondary N) is 1. The van der Waals surface area contributed by atoms with E-state index in [9.17, 15) is 0 Å². The fourth-order valence-electron chi connectivity index (χ4n) is 3.43. The van der Waals surface area contributed by atoms with Crippen LogP contribution in [0.1, 0.15) is 30.1 Å². The second-order valence-electron chi connectivity index (χ2n) is 6.17. The molecule has 1 aromatic carbocycles. The molecule has 0 atom stereocenters.